The number of rotatable bonds is 2. The number of alkyl halides is 6. The summed E-state index contributed by atoms with van der Waals surface area (Å²) in [5.74, 6) is 0.522. The first kappa shape index (κ1) is 48.4. The minimum Gasteiger partial charge on any atom is -1.00 e. The molecule has 0 aromatic heterocycles. The summed E-state index contributed by atoms with van der Waals surface area (Å²) in [5.41, 5.74) is 9.32. The molecule has 0 saturated carbocycles. The summed E-state index contributed by atoms with van der Waals surface area (Å²) in [6.45, 7) is 22.5. The fraction of sp³-hybridized carbons (Fsp3) is 0.370. The average Bonchev–Trinajstić information content (AvgIpc) is 3.66. The number of hydrogen-bond donors (Lipinski definition) is 0. The Morgan fingerprint density at radius 3 is 1.53 bits per heavy atom. The first-order valence-electron chi connectivity index (χ1n) is 17.7. The summed E-state index contributed by atoms with van der Waals surface area (Å²) in [6, 6.07) is 24.3. The molecule has 6 rings (SSSR count). The molecule has 0 radical (unpaired) electrons. The van der Waals surface area contributed by atoms with Gasteiger partial charge in [0, 0.05) is 0 Å². The smallest absolute Gasteiger partial charge is 1.00 e. The molecule has 1 atom stereocenters. The maximum Gasteiger partial charge on any atom is -1.00 e. The molecule has 9 heteroatoms. The van der Waals surface area contributed by atoms with Crippen molar-refractivity contribution in [3.8, 4) is 11.1 Å². The van der Waals surface area contributed by atoms with E-state index in [2.05, 4.69) is 124 Å². The molecule has 2 aliphatic rings. The van der Waals surface area contributed by atoms with Crippen LogP contribution < -0.4 is 24.8 Å². The number of fused-ring (bicyclic) bond motifs is 3. The van der Waals surface area contributed by atoms with E-state index in [1.807, 2.05) is 0 Å². The third-order valence-corrected chi connectivity index (χ3v) is 10.6. The van der Waals surface area contributed by atoms with Crippen molar-refractivity contribution < 1.29 is 75.4 Å². The Labute approximate surface area is 351 Å². The van der Waals surface area contributed by atoms with E-state index in [1.54, 1.807) is 0 Å². The van der Waals surface area contributed by atoms with Crippen molar-refractivity contribution in [2.75, 3.05) is 0 Å². The van der Waals surface area contributed by atoms with E-state index in [0.29, 0.717) is 14.5 Å². The van der Waals surface area contributed by atoms with E-state index in [4.69, 9.17) is 0 Å². The topological polar surface area (TPSA) is 0 Å². The van der Waals surface area contributed by atoms with Crippen LogP contribution in [-0.4, -0.2) is 3.21 Å². The SMILES string of the molecule is CC(C)(C)c1[c-]c2c(cc1)-c1ccc(C(C)(C)C)cc1C2.CC1[C-]=CC(C(C)(C)C)=C1.FC(F)(F)c1cccc([C](=[Zr+2])c2cccc(C(F)(F)F)c2)c1.[Cl-].[Cl-]. The van der Waals surface area contributed by atoms with Crippen LogP contribution in [0.4, 0.5) is 26.3 Å². The zero-order chi connectivity index (χ0) is 39.7. The number of halogens is 8. The molecule has 1 unspecified atom stereocenters. The Morgan fingerprint density at radius 1 is 0.618 bits per heavy atom. The summed E-state index contributed by atoms with van der Waals surface area (Å²) in [4.78, 5) is 0. The molecule has 55 heavy (non-hydrogen) atoms. The third-order valence-electron chi connectivity index (χ3n) is 9.22. The van der Waals surface area contributed by atoms with Gasteiger partial charge in [0.05, 0.1) is 0 Å². The molecule has 0 spiro atoms. The van der Waals surface area contributed by atoms with Gasteiger partial charge in [-0.3, -0.25) is 6.08 Å². The van der Waals surface area contributed by atoms with Crippen LogP contribution in [-0.2, 0) is 53.8 Å². The molecule has 0 N–H and O–H groups in total. The maximum absolute atomic E-state index is 12.7. The Hall–Kier alpha value is -2.73. The molecule has 0 aliphatic heterocycles. The summed E-state index contributed by atoms with van der Waals surface area (Å²) in [6.07, 6.45) is -0.294. The molecule has 0 amide bonds. The summed E-state index contributed by atoms with van der Waals surface area (Å²) >= 11 is 0.729. The molecule has 2 aliphatic carbocycles. The summed E-state index contributed by atoms with van der Waals surface area (Å²) < 4.78 is 76.7. The van der Waals surface area contributed by atoms with Crippen LogP contribution in [0, 0.1) is 23.5 Å². The summed E-state index contributed by atoms with van der Waals surface area (Å²) in [7, 11) is 0. The van der Waals surface area contributed by atoms with E-state index in [0.717, 1.165) is 54.9 Å². The van der Waals surface area contributed by atoms with Gasteiger partial charge in [-0.15, -0.1) is 11.1 Å². The van der Waals surface area contributed by atoms with E-state index >= 15 is 0 Å². The minimum absolute atomic E-state index is 0. The second kappa shape index (κ2) is 18.2. The maximum atomic E-state index is 12.7. The van der Waals surface area contributed by atoms with Crippen LogP contribution in [0.25, 0.3) is 11.1 Å². The van der Waals surface area contributed by atoms with Gasteiger partial charge in [0.1, 0.15) is 0 Å². The molecule has 0 nitrogen and oxygen atoms in total. The normalized spacial score (nSPS) is 14.9. The monoisotopic (exact) mass is 874 g/mol. The first-order chi connectivity index (χ1) is 24.2. The predicted molar refractivity (Wildman–Crippen MR) is 202 cm³/mol. The van der Waals surface area contributed by atoms with E-state index < -0.39 is 23.5 Å². The number of allylic oxidation sites excluding steroid dienone is 4. The molecule has 0 heterocycles. The standard InChI is InChI=1S/C21H25.C15H8F6.C10H15.2ClH.Zr/c1-20(2,3)16-7-9-18-14(12-16)11-15-13-17(21(4,5)6)8-10-19(15)18;16-14(17,18)12-5-1-3-10(8-12)7-11-4-2-6-13(9-11)15(19,20)21;1-8-5-6-9(7-8)10(2,3)4;;;/h7-10,12H,11H2,1-6H3;1-6,8-9H;6-8H,1-4H3;2*1H;/q-1;;-1;;;+2/p-2. The number of benzene rings is 4. The van der Waals surface area contributed by atoms with Crippen LogP contribution >= 0.6 is 0 Å². The van der Waals surface area contributed by atoms with Gasteiger partial charge in [-0.1, -0.05) is 104 Å². The second-order valence-electron chi connectivity index (χ2n) is 16.8. The molecule has 0 bridgehead atoms. The Balaban J connectivity index is 0.000000298. The Morgan fingerprint density at radius 2 is 1.13 bits per heavy atom. The van der Waals surface area contributed by atoms with Gasteiger partial charge in [0.25, 0.3) is 0 Å². The quantitative estimate of drug-likeness (QED) is 0.128. The van der Waals surface area contributed by atoms with Gasteiger partial charge in [-0.25, -0.2) is 6.08 Å². The van der Waals surface area contributed by atoms with Gasteiger partial charge in [0.15, 0.2) is 0 Å². The third kappa shape index (κ3) is 12.9. The first-order valence-corrected chi connectivity index (χ1v) is 18.9. The second-order valence-corrected chi connectivity index (χ2v) is 18.0. The molecular formula is C46H48Cl2F6Zr-2. The molecule has 0 fully saturated rings. The van der Waals surface area contributed by atoms with Crippen molar-refractivity contribution in [3.05, 3.63) is 153 Å². The number of hydrogen-bond acceptors (Lipinski definition) is 0. The Bertz CT molecular complexity index is 1900. The molecule has 4 aromatic rings. The molecule has 4 aromatic carbocycles. The van der Waals surface area contributed by atoms with E-state index in [1.165, 1.54) is 63.2 Å². The zero-order valence-corrected chi connectivity index (χ0v) is 36.9. The van der Waals surface area contributed by atoms with Gasteiger partial charge >= 0.3 is 137 Å². The van der Waals surface area contributed by atoms with Crippen molar-refractivity contribution in [2.45, 2.75) is 98.8 Å². The fourth-order valence-corrected chi connectivity index (χ4v) is 6.71. The van der Waals surface area contributed by atoms with Crippen LogP contribution in [0.1, 0.15) is 114 Å². The predicted octanol–water partition coefficient (Wildman–Crippen LogP) is 7.47. The van der Waals surface area contributed by atoms with Crippen molar-refractivity contribution in [1.82, 2.24) is 0 Å². The fourth-order valence-electron chi connectivity index (χ4n) is 5.95. The van der Waals surface area contributed by atoms with Gasteiger partial charge < -0.3 is 24.8 Å². The largest absolute Gasteiger partial charge is 1.00 e. The van der Waals surface area contributed by atoms with Gasteiger partial charge in [-0.05, 0) is 28.4 Å². The van der Waals surface area contributed by atoms with Crippen LogP contribution in [0.15, 0.2) is 96.6 Å². The summed E-state index contributed by atoms with van der Waals surface area (Å²) in [5, 5.41) is 0. The molecule has 0 saturated heterocycles. The van der Waals surface area contributed by atoms with Crippen molar-refractivity contribution in [1.29, 1.82) is 0 Å². The Kier molecular flexibility index (Phi) is 16.1. The van der Waals surface area contributed by atoms with Crippen LogP contribution in [0.5, 0.6) is 0 Å². The van der Waals surface area contributed by atoms with Crippen molar-refractivity contribution >= 4 is 3.21 Å². The van der Waals surface area contributed by atoms with Crippen LogP contribution in [0.2, 0.25) is 0 Å². The van der Waals surface area contributed by atoms with Gasteiger partial charge in [0.2, 0.25) is 0 Å². The minimum atomic E-state index is -4.49. The van der Waals surface area contributed by atoms with Crippen molar-refractivity contribution in [2.24, 2.45) is 11.3 Å². The average molecular weight is 877 g/mol. The van der Waals surface area contributed by atoms with Gasteiger partial charge in [-0.2, -0.15) is 35.4 Å². The van der Waals surface area contributed by atoms with E-state index in [9.17, 15) is 26.3 Å². The van der Waals surface area contributed by atoms with E-state index in [-0.39, 0.29) is 46.8 Å². The zero-order valence-electron chi connectivity index (χ0n) is 33.0. The van der Waals surface area contributed by atoms with Crippen molar-refractivity contribution in [3.63, 3.8) is 0 Å². The molecule has 294 valence electrons. The van der Waals surface area contributed by atoms with Crippen LogP contribution in [0.3, 0.4) is 0 Å². The molecular weight excluding hydrogens is 829 g/mol.